The number of benzene rings is 1. The third-order valence-corrected chi connectivity index (χ3v) is 3.68. The van der Waals surface area contributed by atoms with Gasteiger partial charge in [0.15, 0.2) is 0 Å². The zero-order valence-corrected chi connectivity index (χ0v) is 10.3. The minimum absolute atomic E-state index is 0.182. The van der Waals surface area contributed by atoms with Crippen molar-refractivity contribution in [2.45, 2.75) is 31.6 Å². The van der Waals surface area contributed by atoms with Gasteiger partial charge in [0.2, 0.25) is 5.91 Å². The third kappa shape index (κ3) is 3.56. The molecule has 0 radical (unpaired) electrons. The van der Waals surface area contributed by atoms with Crippen molar-refractivity contribution in [2.24, 2.45) is 0 Å². The van der Waals surface area contributed by atoms with Crippen molar-refractivity contribution in [3.63, 3.8) is 0 Å². The second kappa shape index (κ2) is 5.39. The monoisotopic (exact) mass is 235 g/mol. The molecule has 0 bridgehead atoms. The molecule has 1 aliphatic rings. The van der Waals surface area contributed by atoms with Crippen LogP contribution in [0.1, 0.15) is 24.0 Å². The van der Waals surface area contributed by atoms with Gasteiger partial charge in [-0.05, 0) is 30.9 Å². The van der Waals surface area contributed by atoms with Crippen molar-refractivity contribution in [1.82, 2.24) is 5.32 Å². The van der Waals surface area contributed by atoms with E-state index in [2.05, 4.69) is 24.4 Å². The first-order valence-corrected chi connectivity index (χ1v) is 6.83. The molecule has 2 rings (SSSR count). The van der Waals surface area contributed by atoms with Gasteiger partial charge in [-0.2, -0.15) is 0 Å². The predicted octanol–water partition coefficient (Wildman–Crippen LogP) is 2.51. The molecule has 0 heterocycles. The minimum atomic E-state index is 0.182. The lowest BCUT2D eigenvalue weighted by Gasteiger charge is -2.05. The molecule has 1 saturated carbocycles. The Hall–Kier alpha value is -0.960. The molecule has 0 unspecified atom stereocenters. The second-order valence-electron chi connectivity index (χ2n) is 4.26. The van der Waals surface area contributed by atoms with E-state index in [0.29, 0.717) is 11.8 Å². The van der Waals surface area contributed by atoms with Crippen molar-refractivity contribution in [1.29, 1.82) is 0 Å². The number of thioether (sulfide) groups is 1. The lowest BCUT2D eigenvalue weighted by molar-refractivity contribution is -0.118. The molecule has 1 aliphatic carbocycles. The van der Waals surface area contributed by atoms with Gasteiger partial charge in [0.05, 0.1) is 5.75 Å². The van der Waals surface area contributed by atoms with Crippen molar-refractivity contribution in [3.05, 3.63) is 35.4 Å². The summed E-state index contributed by atoms with van der Waals surface area (Å²) >= 11 is 1.69. The number of hydrogen-bond acceptors (Lipinski definition) is 2. The second-order valence-corrected chi connectivity index (χ2v) is 5.25. The fourth-order valence-corrected chi connectivity index (χ4v) is 2.44. The molecule has 1 N–H and O–H groups in total. The number of carbonyl (C=O) groups is 1. The molecule has 16 heavy (non-hydrogen) atoms. The van der Waals surface area contributed by atoms with Crippen LogP contribution < -0.4 is 5.32 Å². The fraction of sp³-hybridized carbons (Fsp3) is 0.462. The first kappa shape index (κ1) is 11.5. The minimum Gasteiger partial charge on any atom is -0.353 e. The van der Waals surface area contributed by atoms with Gasteiger partial charge in [0, 0.05) is 11.8 Å². The summed E-state index contributed by atoms with van der Waals surface area (Å²) in [4.78, 5) is 11.4. The van der Waals surface area contributed by atoms with Crippen LogP contribution in [-0.2, 0) is 10.5 Å². The average Bonchev–Trinajstić information content (AvgIpc) is 3.05. The molecule has 1 amide bonds. The molecule has 1 fully saturated rings. The Morgan fingerprint density at radius 2 is 2.19 bits per heavy atom. The molecule has 0 atom stereocenters. The van der Waals surface area contributed by atoms with E-state index in [-0.39, 0.29) is 5.91 Å². The van der Waals surface area contributed by atoms with E-state index < -0.39 is 0 Å². The average molecular weight is 235 g/mol. The van der Waals surface area contributed by atoms with E-state index in [1.165, 1.54) is 11.1 Å². The maximum absolute atomic E-state index is 11.4. The number of rotatable bonds is 5. The summed E-state index contributed by atoms with van der Waals surface area (Å²) in [5.41, 5.74) is 2.63. The van der Waals surface area contributed by atoms with Gasteiger partial charge in [0.25, 0.3) is 0 Å². The van der Waals surface area contributed by atoms with E-state index in [4.69, 9.17) is 0 Å². The first-order chi connectivity index (χ1) is 7.75. The summed E-state index contributed by atoms with van der Waals surface area (Å²) < 4.78 is 0. The summed E-state index contributed by atoms with van der Waals surface area (Å²) in [7, 11) is 0. The SMILES string of the molecule is Cc1ccccc1CSCC(=O)NC1CC1. The molecule has 3 heteroatoms. The molecule has 1 aromatic carbocycles. The first-order valence-electron chi connectivity index (χ1n) is 5.67. The van der Waals surface area contributed by atoms with Gasteiger partial charge in [-0.15, -0.1) is 11.8 Å². The summed E-state index contributed by atoms with van der Waals surface area (Å²) in [6.45, 7) is 2.11. The van der Waals surface area contributed by atoms with Crippen LogP contribution in [0.25, 0.3) is 0 Å². The van der Waals surface area contributed by atoms with Crippen LogP contribution in [0.15, 0.2) is 24.3 Å². The Balaban J connectivity index is 1.70. The number of carbonyl (C=O) groups excluding carboxylic acids is 1. The van der Waals surface area contributed by atoms with Crippen LogP contribution in [0.5, 0.6) is 0 Å². The van der Waals surface area contributed by atoms with Crippen LogP contribution in [-0.4, -0.2) is 17.7 Å². The summed E-state index contributed by atoms with van der Waals surface area (Å²) in [5, 5.41) is 2.99. The fourth-order valence-electron chi connectivity index (χ4n) is 1.52. The molecular weight excluding hydrogens is 218 g/mol. The number of aryl methyl sites for hydroxylation is 1. The van der Waals surface area contributed by atoms with Crippen LogP contribution in [0.2, 0.25) is 0 Å². The van der Waals surface area contributed by atoms with E-state index in [1.807, 2.05) is 12.1 Å². The zero-order chi connectivity index (χ0) is 11.4. The highest BCUT2D eigenvalue weighted by molar-refractivity contribution is 7.99. The van der Waals surface area contributed by atoms with Gasteiger partial charge in [-0.25, -0.2) is 0 Å². The number of nitrogens with one attached hydrogen (secondary N) is 1. The Bertz CT molecular complexity index is 374. The van der Waals surface area contributed by atoms with Crippen molar-refractivity contribution < 1.29 is 4.79 Å². The quantitative estimate of drug-likeness (QED) is 0.849. The molecule has 0 aromatic heterocycles. The summed E-state index contributed by atoms with van der Waals surface area (Å²) in [5.74, 6) is 1.68. The molecule has 2 nitrogen and oxygen atoms in total. The number of amides is 1. The van der Waals surface area contributed by atoms with E-state index in [0.717, 1.165) is 18.6 Å². The predicted molar refractivity (Wildman–Crippen MR) is 68.5 cm³/mol. The van der Waals surface area contributed by atoms with Gasteiger partial charge < -0.3 is 5.32 Å². The summed E-state index contributed by atoms with van der Waals surface area (Å²) in [6, 6.07) is 8.81. The Labute approximate surface area is 101 Å². The van der Waals surface area contributed by atoms with E-state index >= 15 is 0 Å². The Morgan fingerprint density at radius 1 is 1.44 bits per heavy atom. The van der Waals surface area contributed by atoms with Crippen LogP contribution in [0.3, 0.4) is 0 Å². The molecule has 0 aliphatic heterocycles. The maximum atomic E-state index is 11.4. The lowest BCUT2D eigenvalue weighted by atomic mass is 10.1. The van der Waals surface area contributed by atoms with Crippen LogP contribution in [0.4, 0.5) is 0 Å². The van der Waals surface area contributed by atoms with Crippen molar-refractivity contribution in [3.8, 4) is 0 Å². The van der Waals surface area contributed by atoms with Gasteiger partial charge >= 0.3 is 0 Å². The lowest BCUT2D eigenvalue weighted by Crippen LogP contribution is -2.27. The molecule has 0 saturated heterocycles. The van der Waals surface area contributed by atoms with Crippen molar-refractivity contribution in [2.75, 3.05) is 5.75 Å². The standard InChI is InChI=1S/C13H17NOS/c1-10-4-2-3-5-11(10)8-16-9-13(15)14-12-6-7-12/h2-5,12H,6-9H2,1H3,(H,14,15). The van der Waals surface area contributed by atoms with Crippen LogP contribution in [0, 0.1) is 6.92 Å². The maximum Gasteiger partial charge on any atom is 0.230 e. The van der Waals surface area contributed by atoms with Gasteiger partial charge in [-0.3, -0.25) is 4.79 Å². The smallest absolute Gasteiger partial charge is 0.230 e. The van der Waals surface area contributed by atoms with Gasteiger partial charge in [0.1, 0.15) is 0 Å². The molecule has 1 aromatic rings. The summed E-state index contributed by atoms with van der Waals surface area (Å²) in [6.07, 6.45) is 2.32. The number of hydrogen-bond donors (Lipinski definition) is 1. The van der Waals surface area contributed by atoms with E-state index in [9.17, 15) is 4.79 Å². The zero-order valence-electron chi connectivity index (χ0n) is 9.53. The molecular formula is C13H17NOS. The highest BCUT2D eigenvalue weighted by Crippen LogP contribution is 2.19. The Kier molecular flexibility index (Phi) is 3.88. The molecule has 86 valence electrons. The normalized spacial score (nSPS) is 14.8. The van der Waals surface area contributed by atoms with Crippen molar-refractivity contribution >= 4 is 17.7 Å². The van der Waals surface area contributed by atoms with Gasteiger partial charge in [-0.1, -0.05) is 24.3 Å². The van der Waals surface area contributed by atoms with E-state index in [1.54, 1.807) is 11.8 Å². The highest BCUT2D eigenvalue weighted by Gasteiger charge is 2.22. The molecule has 0 spiro atoms. The topological polar surface area (TPSA) is 29.1 Å². The Morgan fingerprint density at radius 3 is 2.88 bits per heavy atom. The third-order valence-electron chi connectivity index (χ3n) is 2.69. The highest BCUT2D eigenvalue weighted by atomic mass is 32.2. The van der Waals surface area contributed by atoms with Crippen LogP contribution >= 0.6 is 11.8 Å². The largest absolute Gasteiger partial charge is 0.353 e.